The van der Waals surface area contributed by atoms with Gasteiger partial charge in [-0.2, -0.15) is 0 Å². The lowest BCUT2D eigenvalue weighted by Gasteiger charge is -2.35. The highest BCUT2D eigenvalue weighted by molar-refractivity contribution is 8.02. The highest BCUT2D eigenvalue weighted by Gasteiger charge is 2.33. The van der Waals surface area contributed by atoms with Gasteiger partial charge < -0.3 is 15.4 Å². The maximum atomic E-state index is 13.1. The lowest BCUT2D eigenvalue weighted by Crippen LogP contribution is -2.54. The molecule has 2 atom stereocenters. The number of methoxy groups -OCH3 is 1. The molecule has 5 rings (SSSR count). The van der Waals surface area contributed by atoms with Gasteiger partial charge in [0.25, 0.3) is 0 Å². The van der Waals surface area contributed by atoms with Crippen LogP contribution in [-0.2, 0) is 4.74 Å². The Labute approximate surface area is 240 Å². The lowest BCUT2D eigenvalue weighted by atomic mass is 9.95. The highest BCUT2D eigenvalue weighted by Crippen LogP contribution is 2.32. The summed E-state index contributed by atoms with van der Waals surface area (Å²) < 4.78 is 5.44. The Balaban J connectivity index is 1.28. The number of ether oxygens (including phenoxy) is 1. The normalized spacial score (nSPS) is 20.9. The van der Waals surface area contributed by atoms with Crippen LogP contribution in [0.4, 0.5) is 10.5 Å². The predicted octanol–water partition coefficient (Wildman–Crippen LogP) is 3.76. The van der Waals surface area contributed by atoms with E-state index in [0.717, 1.165) is 66.9 Å². The number of nitrogens with zero attached hydrogens (tertiary/aromatic N) is 3. The maximum Gasteiger partial charge on any atom is 0.327 e. The molecule has 3 heterocycles. The van der Waals surface area contributed by atoms with Crippen molar-refractivity contribution in [3.05, 3.63) is 76.6 Å². The Morgan fingerprint density at radius 2 is 2.10 bits per heavy atom. The van der Waals surface area contributed by atoms with Gasteiger partial charge in [0.1, 0.15) is 24.1 Å². The minimum Gasteiger partial charge on any atom is -0.497 e. The van der Waals surface area contributed by atoms with Crippen LogP contribution in [0.3, 0.4) is 0 Å². The lowest BCUT2D eigenvalue weighted by molar-refractivity contribution is 0.246. The monoisotopic (exact) mass is 562 g/mol. The minimum absolute atomic E-state index is 0.0186. The number of hydrogen-bond acceptors (Lipinski definition) is 8. The third kappa shape index (κ3) is 7.03. The van der Waals surface area contributed by atoms with Crippen LogP contribution in [0.25, 0.3) is 0 Å². The minimum atomic E-state index is -0.128. The van der Waals surface area contributed by atoms with Gasteiger partial charge in [-0.1, -0.05) is 30.4 Å². The Kier molecular flexibility index (Phi) is 9.38. The van der Waals surface area contributed by atoms with Crippen molar-refractivity contribution in [1.82, 2.24) is 26.4 Å². The molecular formula is C29H38N8O2S. The van der Waals surface area contributed by atoms with Crippen LogP contribution >= 0.6 is 11.8 Å². The van der Waals surface area contributed by atoms with Gasteiger partial charge in [-0.15, -0.1) is 11.8 Å². The van der Waals surface area contributed by atoms with E-state index < -0.39 is 0 Å². The van der Waals surface area contributed by atoms with Crippen LogP contribution in [-0.4, -0.2) is 68.4 Å². The second-order valence-corrected chi connectivity index (χ2v) is 10.8. The molecule has 2 fully saturated rings. The van der Waals surface area contributed by atoms with Crippen LogP contribution in [0.5, 0.6) is 0 Å². The summed E-state index contributed by atoms with van der Waals surface area (Å²) in [7, 11) is 1.68. The van der Waals surface area contributed by atoms with Gasteiger partial charge >= 0.3 is 6.03 Å². The molecule has 212 valence electrons. The van der Waals surface area contributed by atoms with Gasteiger partial charge in [-0.3, -0.25) is 20.6 Å². The Hall–Kier alpha value is -3.38. The van der Waals surface area contributed by atoms with Crippen LogP contribution in [0.1, 0.15) is 37.3 Å². The number of amides is 2. The van der Waals surface area contributed by atoms with Gasteiger partial charge in [-0.05, 0) is 74.0 Å². The first-order chi connectivity index (χ1) is 19.6. The molecule has 0 radical (unpaired) electrons. The van der Waals surface area contributed by atoms with E-state index in [1.54, 1.807) is 18.9 Å². The molecule has 0 spiro atoms. The molecule has 0 saturated carbocycles. The number of thioether (sulfide) groups is 1. The fourth-order valence-electron chi connectivity index (χ4n) is 5.10. The zero-order valence-electron chi connectivity index (χ0n) is 23.1. The first-order valence-corrected chi connectivity index (χ1v) is 14.9. The zero-order valence-corrected chi connectivity index (χ0v) is 23.9. The largest absolute Gasteiger partial charge is 0.497 e. The first-order valence-electron chi connectivity index (χ1n) is 13.7. The number of carbonyl (C=O) groups excluding carboxylic acids is 1. The van der Waals surface area contributed by atoms with Gasteiger partial charge in [0.05, 0.1) is 24.7 Å². The van der Waals surface area contributed by atoms with Crippen LogP contribution in [0.2, 0.25) is 0 Å². The number of amidine groups is 2. The summed E-state index contributed by atoms with van der Waals surface area (Å²) in [5.41, 5.74) is 6.28. The molecule has 10 nitrogen and oxygen atoms in total. The van der Waals surface area contributed by atoms with Gasteiger partial charge in [0, 0.05) is 18.2 Å². The van der Waals surface area contributed by atoms with E-state index >= 15 is 0 Å². The summed E-state index contributed by atoms with van der Waals surface area (Å²) in [4.78, 5) is 19.5. The summed E-state index contributed by atoms with van der Waals surface area (Å²) >= 11 is 1.60. The average molecular weight is 563 g/mol. The van der Waals surface area contributed by atoms with Crippen molar-refractivity contribution >= 4 is 35.2 Å². The summed E-state index contributed by atoms with van der Waals surface area (Å²) in [5, 5.41) is 20.8. The number of anilines is 1. The molecule has 2 bridgehead atoms. The number of hydrogen-bond donors (Lipinski definition) is 5. The molecule has 1 aromatic rings. The fraction of sp³-hybridized carbons (Fsp3) is 0.414. The molecule has 3 aliphatic heterocycles. The predicted molar refractivity (Wildman–Crippen MR) is 162 cm³/mol. The van der Waals surface area contributed by atoms with E-state index in [4.69, 9.17) is 10.1 Å². The molecule has 11 heteroatoms. The van der Waals surface area contributed by atoms with E-state index in [1.165, 1.54) is 5.57 Å². The van der Waals surface area contributed by atoms with Crippen molar-refractivity contribution in [3.8, 4) is 0 Å². The molecule has 2 amide bonds. The summed E-state index contributed by atoms with van der Waals surface area (Å²) in [6.07, 6.45) is 15.6. The topological polar surface area (TPSA) is 127 Å². The second kappa shape index (κ2) is 13.3. The van der Waals surface area contributed by atoms with E-state index in [1.807, 2.05) is 40.4 Å². The number of nitrogens with one attached hydrogen (secondary N) is 5. The molecule has 0 aromatic heterocycles. The molecule has 1 aliphatic carbocycles. The molecular weight excluding hydrogens is 524 g/mol. The Bertz CT molecular complexity index is 1250. The van der Waals surface area contributed by atoms with E-state index in [9.17, 15) is 4.79 Å². The number of hydrazine groups is 1. The van der Waals surface area contributed by atoms with Crippen molar-refractivity contribution in [1.29, 1.82) is 5.41 Å². The van der Waals surface area contributed by atoms with Gasteiger partial charge in [-0.25, -0.2) is 15.2 Å². The first kappa shape index (κ1) is 28.2. The van der Waals surface area contributed by atoms with Crippen LogP contribution in [0, 0.1) is 5.41 Å². The number of urea groups is 1. The zero-order chi connectivity index (χ0) is 27.9. The van der Waals surface area contributed by atoms with Crippen molar-refractivity contribution in [2.24, 2.45) is 4.99 Å². The average Bonchev–Trinajstić information content (AvgIpc) is 3.83. The highest BCUT2D eigenvalue weighted by atomic mass is 32.2. The van der Waals surface area contributed by atoms with Crippen molar-refractivity contribution < 1.29 is 9.53 Å². The van der Waals surface area contributed by atoms with Gasteiger partial charge in [0.2, 0.25) is 0 Å². The Morgan fingerprint density at radius 1 is 1.27 bits per heavy atom. The molecule has 2 saturated heterocycles. The SMILES string of the molecule is COC1=CC=C([C@H](NCCCNCC(=N)N2CN2)c2ccc(N3C(=O)NC4=NC(SC)=CCC3C4)cc2)CC=C1. The number of rotatable bonds is 12. The number of fused-ring (bicyclic) bond motifs is 2. The number of carbonyl (C=O) groups is 1. The molecule has 40 heavy (non-hydrogen) atoms. The fourth-order valence-corrected chi connectivity index (χ4v) is 5.57. The van der Waals surface area contributed by atoms with E-state index in [2.05, 4.69) is 56.7 Å². The number of allylic oxidation sites excluding steroid dienone is 4. The maximum absolute atomic E-state index is 13.1. The summed E-state index contributed by atoms with van der Waals surface area (Å²) in [6, 6.07) is 8.28. The van der Waals surface area contributed by atoms with Crippen molar-refractivity contribution in [3.63, 3.8) is 0 Å². The smallest absolute Gasteiger partial charge is 0.327 e. The summed E-state index contributed by atoms with van der Waals surface area (Å²) in [5.74, 6) is 2.14. The van der Waals surface area contributed by atoms with E-state index in [-0.39, 0.29) is 18.1 Å². The standard InChI is InChI=1S/C29H38N8O2S/c1-39-24-6-3-5-20(9-13-24)28(32-16-4-15-31-18-25(30)36-19-33-36)21-7-10-22(11-8-21)37-23-12-14-27(40-2)34-26(17-23)35-29(37)38/h3,6-11,13-14,23,28,30-33H,4-5,12,15-19H2,1-2H3,(H,34,35,38)/t23?,28-,36?/m0/s1. The van der Waals surface area contributed by atoms with Crippen LogP contribution in [0.15, 0.2) is 76.0 Å². The quantitative estimate of drug-likeness (QED) is 0.114. The molecule has 1 aromatic carbocycles. The third-order valence-corrected chi connectivity index (χ3v) is 7.98. The molecule has 4 aliphatic rings. The molecule has 1 unspecified atom stereocenters. The molecule has 5 N–H and O–H groups in total. The third-order valence-electron chi connectivity index (χ3n) is 7.30. The number of aliphatic imine (C=N–C) groups is 1. The van der Waals surface area contributed by atoms with E-state index in [0.29, 0.717) is 18.8 Å². The Morgan fingerprint density at radius 3 is 2.85 bits per heavy atom. The van der Waals surface area contributed by atoms with Crippen molar-refractivity contribution in [2.75, 3.05) is 44.6 Å². The van der Waals surface area contributed by atoms with Gasteiger partial charge in [0.15, 0.2) is 0 Å². The van der Waals surface area contributed by atoms with Crippen molar-refractivity contribution in [2.45, 2.75) is 37.8 Å². The number of benzene rings is 1. The van der Waals surface area contributed by atoms with Crippen LogP contribution < -0.4 is 26.3 Å². The summed E-state index contributed by atoms with van der Waals surface area (Å²) in [6.45, 7) is 2.97. The second-order valence-electron chi connectivity index (χ2n) is 10.0.